The molecule has 1 aromatic carbocycles. The average molecular weight is 473 g/mol. The number of aromatic nitrogens is 2. The first-order valence-electron chi connectivity index (χ1n) is 10.5. The van der Waals surface area contributed by atoms with Crippen LogP contribution in [0.1, 0.15) is 12.8 Å². The molecule has 4 heterocycles. The quantitative estimate of drug-likeness (QED) is 0.545. The number of hydrogen-bond acceptors (Lipinski definition) is 7. The third-order valence-electron chi connectivity index (χ3n) is 5.64. The van der Waals surface area contributed by atoms with Crippen molar-refractivity contribution in [1.29, 1.82) is 0 Å². The summed E-state index contributed by atoms with van der Waals surface area (Å²) in [6.45, 7) is 0.522. The number of hydrogen-bond donors (Lipinski definition) is 1. The SMILES string of the molecule is O=C1CCCN1c1ccc(-c2c(F)cc(N3CC(CNc4ccon4)OC3=O)c(F)c2F)cn1. The van der Waals surface area contributed by atoms with E-state index in [2.05, 4.69) is 20.0 Å². The largest absolute Gasteiger partial charge is 0.442 e. The van der Waals surface area contributed by atoms with Crippen LogP contribution in [0, 0.1) is 17.5 Å². The van der Waals surface area contributed by atoms with Crippen LogP contribution in [0.5, 0.6) is 0 Å². The lowest BCUT2D eigenvalue weighted by atomic mass is 10.0. The maximum Gasteiger partial charge on any atom is 0.414 e. The van der Waals surface area contributed by atoms with Crippen LogP contribution in [0.25, 0.3) is 11.1 Å². The molecule has 12 heteroatoms. The fourth-order valence-corrected chi connectivity index (χ4v) is 3.97. The summed E-state index contributed by atoms with van der Waals surface area (Å²) in [4.78, 5) is 30.5. The Morgan fingerprint density at radius 1 is 1.12 bits per heavy atom. The van der Waals surface area contributed by atoms with Crippen molar-refractivity contribution < 1.29 is 32.0 Å². The maximum atomic E-state index is 15.0. The van der Waals surface area contributed by atoms with Crippen LogP contribution < -0.4 is 15.1 Å². The number of nitrogens with zero attached hydrogens (tertiary/aromatic N) is 4. The lowest BCUT2D eigenvalue weighted by molar-refractivity contribution is -0.117. The van der Waals surface area contributed by atoms with E-state index in [1.807, 2.05) is 0 Å². The Kier molecular flexibility index (Phi) is 5.56. The van der Waals surface area contributed by atoms with E-state index in [-0.39, 0.29) is 24.6 Å². The van der Waals surface area contributed by atoms with E-state index < -0.39 is 40.9 Å². The second-order valence-electron chi connectivity index (χ2n) is 7.82. The first-order valence-corrected chi connectivity index (χ1v) is 10.5. The Labute approximate surface area is 191 Å². The molecule has 0 spiro atoms. The van der Waals surface area contributed by atoms with Gasteiger partial charge in [-0.05, 0) is 18.6 Å². The highest BCUT2D eigenvalue weighted by molar-refractivity contribution is 5.94. The van der Waals surface area contributed by atoms with Gasteiger partial charge in [0, 0.05) is 36.9 Å². The Morgan fingerprint density at radius 3 is 2.65 bits per heavy atom. The molecule has 0 saturated carbocycles. The van der Waals surface area contributed by atoms with Crippen molar-refractivity contribution in [3.8, 4) is 11.1 Å². The number of nitrogens with one attached hydrogen (secondary N) is 1. The fourth-order valence-electron chi connectivity index (χ4n) is 3.97. The molecule has 1 N–H and O–H groups in total. The highest BCUT2D eigenvalue weighted by Gasteiger charge is 2.36. The Hall–Kier alpha value is -4.09. The van der Waals surface area contributed by atoms with Crippen LogP contribution in [0.15, 0.2) is 41.2 Å². The predicted octanol–water partition coefficient (Wildman–Crippen LogP) is 3.72. The number of amides is 2. The van der Waals surface area contributed by atoms with Gasteiger partial charge in [-0.2, -0.15) is 0 Å². The summed E-state index contributed by atoms with van der Waals surface area (Å²) < 4.78 is 54.7. The summed E-state index contributed by atoms with van der Waals surface area (Å²) in [5.74, 6) is -3.24. The van der Waals surface area contributed by atoms with Crippen LogP contribution in [0.4, 0.5) is 35.3 Å². The Balaban J connectivity index is 1.37. The third kappa shape index (κ3) is 3.91. The van der Waals surface area contributed by atoms with Gasteiger partial charge in [-0.15, -0.1) is 0 Å². The number of carbonyl (C=O) groups excluding carboxylic acids is 2. The number of benzene rings is 1. The molecule has 1 unspecified atom stereocenters. The Morgan fingerprint density at radius 2 is 1.97 bits per heavy atom. The van der Waals surface area contributed by atoms with Crippen molar-refractivity contribution in [3.05, 3.63) is 54.2 Å². The summed E-state index contributed by atoms with van der Waals surface area (Å²) in [5, 5.41) is 6.53. The monoisotopic (exact) mass is 473 g/mol. The van der Waals surface area contributed by atoms with Crippen molar-refractivity contribution in [2.24, 2.45) is 0 Å². The number of pyridine rings is 1. The van der Waals surface area contributed by atoms with Gasteiger partial charge in [0.2, 0.25) is 5.91 Å². The minimum atomic E-state index is -1.46. The summed E-state index contributed by atoms with van der Waals surface area (Å²) in [5.41, 5.74) is -1.20. The van der Waals surface area contributed by atoms with Gasteiger partial charge in [-0.3, -0.25) is 14.6 Å². The number of carbonyl (C=O) groups is 2. The molecule has 1 atom stereocenters. The molecule has 2 saturated heterocycles. The fraction of sp³-hybridized carbons (Fsp3) is 0.273. The molecule has 9 nitrogen and oxygen atoms in total. The zero-order chi connectivity index (χ0) is 23.8. The van der Waals surface area contributed by atoms with E-state index in [4.69, 9.17) is 4.74 Å². The van der Waals surface area contributed by atoms with E-state index in [0.29, 0.717) is 31.0 Å². The number of ether oxygens (including phenoxy) is 1. The van der Waals surface area contributed by atoms with Gasteiger partial charge >= 0.3 is 6.09 Å². The van der Waals surface area contributed by atoms with Crippen LogP contribution in [0.3, 0.4) is 0 Å². The van der Waals surface area contributed by atoms with Gasteiger partial charge in [0.25, 0.3) is 0 Å². The van der Waals surface area contributed by atoms with Crippen molar-refractivity contribution in [2.45, 2.75) is 18.9 Å². The maximum absolute atomic E-state index is 15.0. The minimum absolute atomic E-state index is 0.00506. The van der Waals surface area contributed by atoms with Gasteiger partial charge in [0.05, 0.1) is 24.3 Å². The van der Waals surface area contributed by atoms with Gasteiger partial charge in [-0.1, -0.05) is 5.16 Å². The zero-order valence-electron chi connectivity index (χ0n) is 17.6. The zero-order valence-corrected chi connectivity index (χ0v) is 17.6. The average Bonchev–Trinajstić information content (AvgIpc) is 3.57. The number of rotatable bonds is 6. The van der Waals surface area contributed by atoms with E-state index in [0.717, 1.165) is 11.0 Å². The smallest absolute Gasteiger partial charge is 0.414 e. The van der Waals surface area contributed by atoms with Crippen molar-refractivity contribution in [1.82, 2.24) is 10.1 Å². The summed E-state index contributed by atoms with van der Waals surface area (Å²) in [6, 6.07) is 5.13. The normalized spacial score (nSPS) is 18.0. The molecule has 5 rings (SSSR count). The molecule has 2 aliphatic rings. The van der Waals surface area contributed by atoms with Crippen molar-refractivity contribution in [3.63, 3.8) is 0 Å². The molecule has 0 bridgehead atoms. The molecule has 2 amide bonds. The molecule has 176 valence electrons. The molecule has 0 radical (unpaired) electrons. The van der Waals surface area contributed by atoms with Crippen molar-refractivity contribution >= 4 is 29.3 Å². The summed E-state index contributed by atoms with van der Waals surface area (Å²) in [7, 11) is 0. The molecular formula is C22H18F3N5O4. The molecule has 2 aromatic heterocycles. The second-order valence-corrected chi connectivity index (χ2v) is 7.82. The van der Waals surface area contributed by atoms with Gasteiger partial charge in [0.1, 0.15) is 24.0 Å². The van der Waals surface area contributed by atoms with Crippen LogP contribution in [0.2, 0.25) is 0 Å². The second kappa shape index (κ2) is 8.69. The Bertz CT molecular complexity index is 1240. The minimum Gasteiger partial charge on any atom is -0.442 e. The molecule has 2 aliphatic heterocycles. The predicted molar refractivity (Wildman–Crippen MR) is 114 cm³/mol. The van der Waals surface area contributed by atoms with Crippen molar-refractivity contribution in [2.75, 3.05) is 34.8 Å². The van der Waals surface area contributed by atoms with Gasteiger partial charge < -0.3 is 14.6 Å². The first-order chi connectivity index (χ1) is 16.4. The van der Waals surface area contributed by atoms with Gasteiger partial charge in [-0.25, -0.2) is 22.9 Å². The summed E-state index contributed by atoms with van der Waals surface area (Å²) in [6.07, 6.45) is 2.01. The lowest BCUT2D eigenvalue weighted by Gasteiger charge is -2.17. The lowest BCUT2D eigenvalue weighted by Crippen LogP contribution is -2.28. The van der Waals surface area contributed by atoms with E-state index in [1.54, 1.807) is 6.07 Å². The standard InChI is InChI=1S/C22H18F3N5O4/c23-14-8-15(30-11-13(34-22(30)32)10-26-16-5-7-33-28-16)20(24)21(25)19(14)12-3-4-17(27-9-12)29-6-1-2-18(29)31/h3-5,7-9,13H,1-2,6,10-11H2,(H,26,28). The molecule has 34 heavy (non-hydrogen) atoms. The summed E-state index contributed by atoms with van der Waals surface area (Å²) >= 11 is 0. The van der Waals surface area contributed by atoms with Crippen LogP contribution in [-0.2, 0) is 9.53 Å². The van der Waals surface area contributed by atoms with E-state index in [1.165, 1.54) is 29.5 Å². The highest BCUT2D eigenvalue weighted by atomic mass is 19.2. The topological polar surface area (TPSA) is 101 Å². The third-order valence-corrected chi connectivity index (χ3v) is 5.64. The molecule has 3 aromatic rings. The number of cyclic esters (lactones) is 1. The number of halogens is 3. The molecule has 0 aliphatic carbocycles. The van der Waals surface area contributed by atoms with Crippen LogP contribution in [-0.4, -0.2) is 47.9 Å². The first kappa shape index (κ1) is 21.7. The van der Waals surface area contributed by atoms with E-state index in [9.17, 15) is 22.8 Å². The van der Waals surface area contributed by atoms with Gasteiger partial charge in [0.15, 0.2) is 17.5 Å². The van der Waals surface area contributed by atoms with E-state index >= 15 is 0 Å². The molecular weight excluding hydrogens is 455 g/mol. The molecule has 2 fully saturated rings. The van der Waals surface area contributed by atoms with Crippen LogP contribution >= 0.6 is 0 Å². The number of anilines is 3. The highest BCUT2D eigenvalue weighted by Crippen LogP contribution is 2.35.